The molecule has 0 bridgehead atoms. The molecule has 14 heavy (non-hydrogen) atoms. The smallest absolute Gasteiger partial charge is 0.330 e. The highest BCUT2D eigenvalue weighted by atomic mass is 16.5. The minimum absolute atomic E-state index is 0.269. The highest BCUT2D eigenvalue weighted by Gasteiger charge is 2.09. The lowest BCUT2D eigenvalue weighted by Gasteiger charge is -2.15. The van der Waals surface area contributed by atoms with Gasteiger partial charge in [0.05, 0.1) is 19.3 Å². The number of aliphatic imine (C=N–C) groups is 1. The molecule has 1 aliphatic heterocycles. The fourth-order valence-corrected chi connectivity index (χ4v) is 1.07. The molecule has 1 heterocycles. The van der Waals surface area contributed by atoms with Crippen molar-refractivity contribution in [2.75, 3.05) is 13.2 Å². The zero-order chi connectivity index (χ0) is 10.4. The van der Waals surface area contributed by atoms with Gasteiger partial charge in [0.25, 0.3) is 0 Å². The predicted molar refractivity (Wildman–Crippen MR) is 53.2 cm³/mol. The van der Waals surface area contributed by atoms with Crippen molar-refractivity contribution in [2.45, 2.75) is 26.3 Å². The number of nitrogens with zero attached hydrogens (tertiary/aromatic N) is 1. The van der Waals surface area contributed by atoms with Crippen LogP contribution in [0.1, 0.15) is 20.3 Å². The number of carbonyl (C=O) groups is 1. The molecule has 0 saturated heterocycles. The molecule has 0 spiro atoms. The van der Waals surface area contributed by atoms with Crippen molar-refractivity contribution in [2.24, 2.45) is 4.99 Å². The standard InChI is InChI=1S/C10H15NO3/c1-3-13-10(12)5-4-9-11-8(2)6-7-14-9/h4-5,8H,3,6-7H2,1-2H3/b5-4+. The van der Waals surface area contributed by atoms with E-state index in [1.54, 1.807) is 13.0 Å². The minimum Gasteiger partial charge on any atom is -0.478 e. The maximum atomic E-state index is 10.9. The fourth-order valence-electron chi connectivity index (χ4n) is 1.07. The highest BCUT2D eigenvalue weighted by molar-refractivity contribution is 5.94. The summed E-state index contributed by atoms with van der Waals surface area (Å²) >= 11 is 0. The molecule has 0 N–H and O–H groups in total. The first-order valence-electron chi connectivity index (χ1n) is 4.77. The highest BCUT2D eigenvalue weighted by Crippen LogP contribution is 2.06. The topological polar surface area (TPSA) is 47.9 Å². The van der Waals surface area contributed by atoms with Gasteiger partial charge in [-0.15, -0.1) is 0 Å². The fraction of sp³-hybridized carbons (Fsp3) is 0.600. The molecule has 0 fully saturated rings. The minimum atomic E-state index is -0.364. The molecule has 0 amide bonds. The molecule has 78 valence electrons. The van der Waals surface area contributed by atoms with Gasteiger partial charge in [0, 0.05) is 18.6 Å². The predicted octanol–water partition coefficient (Wildman–Crippen LogP) is 1.31. The van der Waals surface area contributed by atoms with Crippen LogP contribution in [-0.4, -0.2) is 31.1 Å². The Balaban J connectivity index is 2.46. The second-order valence-electron chi connectivity index (χ2n) is 3.04. The SMILES string of the molecule is CCOC(=O)/C=C/C1=NC(C)CCO1. The second kappa shape index (κ2) is 5.42. The summed E-state index contributed by atoms with van der Waals surface area (Å²) in [6.07, 6.45) is 3.81. The maximum absolute atomic E-state index is 10.9. The van der Waals surface area contributed by atoms with Gasteiger partial charge in [0.1, 0.15) is 0 Å². The van der Waals surface area contributed by atoms with Crippen molar-refractivity contribution in [1.82, 2.24) is 0 Å². The summed E-state index contributed by atoms with van der Waals surface area (Å²) < 4.78 is 9.96. The van der Waals surface area contributed by atoms with Crippen LogP contribution in [0.2, 0.25) is 0 Å². The van der Waals surface area contributed by atoms with Crippen LogP contribution in [0.3, 0.4) is 0 Å². The van der Waals surface area contributed by atoms with E-state index in [-0.39, 0.29) is 12.0 Å². The van der Waals surface area contributed by atoms with Crippen LogP contribution in [-0.2, 0) is 14.3 Å². The number of rotatable bonds is 3. The molecule has 0 radical (unpaired) electrons. The van der Waals surface area contributed by atoms with E-state index >= 15 is 0 Å². The first-order chi connectivity index (χ1) is 6.72. The number of carbonyl (C=O) groups excluding carboxylic acids is 1. The average Bonchev–Trinajstić information content (AvgIpc) is 2.15. The van der Waals surface area contributed by atoms with Crippen molar-refractivity contribution < 1.29 is 14.3 Å². The number of ether oxygens (including phenoxy) is 2. The molecular weight excluding hydrogens is 182 g/mol. The van der Waals surface area contributed by atoms with Crippen LogP contribution in [0.5, 0.6) is 0 Å². The molecule has 1 aliphatic rings. The Hall–Kier alpha value is -1.32. The molecule has 4 nitrogen and oxygen atoms in total. The van der Waals surface area contributed by atoms with E-state index in [1.807, 2.05) is 6.92 Å². The Morgan fingerprint density at radius 1 is 1.79 bits per heavy atom. The Morgan fingerprint density at radius 2 is 2.57 bits per heavy atom. The molecule has 0 aromatic heterocycles. The molecule has 0 aromatic rings. The number of hydrogen-bond donors (Lipinski definition) is 0. The molecule has 1 rings (SSSR count). The van der Waals surface area contributed by atoms with Gasteiger partial charge < -0.3 is 9.47 Å². The van der Waals surface area contributed by atoms with Crippen molar-refractivity contribution in [3.63, 3.8) is 0 Å². The monoisotopic (exact) mass is 197 g/mol. The van der Waals surface area contributed by atoms with Gasteiger partial charge in [-0.05, 0) is 13.8 Å². The first kappa shape index (κ1) is 10.8. The lowest BCUT2D eigenvalue weighted by molar-refractivity contribution is -0.137. The summed E-state index contributed by atoms with van der Waals surface area (Å²) in [6, 6.07) is 0.269. The Morgan fingerprint density at radius 3 is 3.21 bits per heavy atom. The van der Waals surface area contributed by atoms with Crippen LogP contribution in [0, 0.1) is 0 Å². The van der Waals surface area contributed by atoms with Crippen LogP contribution in [0.25, 0.3) is 0 Å². The van der Waals surface area contributed by atoms with Gasteiger partial charge in [-0.1, -0.05) is 0 Å². The average molecular weight is 197 g/mol. The van der Waals surface area contributed by atoms with E-state index in [4.69, 9.17) is 9.47 Å². The first-order valence-corrected chi connectivity index (χ1v) is 4.77. The lowest BCUT2D eigenvalue weighted by atomic mass is 10.2. The van der Waals surface area contributed by atoms with Crippen molar-refractivity contribution >= 4 is 11.9 Å². The van der Waals surface area contributed by atoms with Gasteiger partial charge in [0.2, 0.25) is 5.90 Å². The summed E-state index contributed by atoms with van der Waals surface area (Å²) in [5.41, 5.74) is 0. The van der Waals surface area contributed by atoms with E-state index in [2.05, 4.69) is 4.99 Å². The van der Waals surface area contributed by atoms with Crippen molar-refractivity contribution in [3.8, 4) is 0 Å². The van der Waals surface area contributed by atoms with Crippen molar-refractivity contribution in [1.29, 1.82) is 0 Å². The third kappa shape index (κ3) is 3.60. The number of hydrogen-bond acceptors (Lipinski definition) is 4. The zero-order valence-corrected chi connectivity index (χ0v) is 8.53. The van der Waals surface area contributed by atoms with Gasteiger partial charge >= 0.3 is 5.97 Å². The summed E-state index contributed by atoms with van der Waals surface area (Å²) in [5.74, 6) is 0.147. The number of esters is 1. The lowest BCUT2D eigenvalue weighted by Crippen LogP contribution is -2.17. The summed E-state index contributed by atoms with van der Waals surface area (Å²) in [5, 5.41) is 0. The largest absolute Gasteiger partial charge is 0.478 e. The summed E-state index contributed by atoms with van der Waals surface area (Å²) in [4.78, 5) is 15.2. The summed E-state index contributed by atoms with van der Waals surface area (Å²) in [6.45, 7) is 4.82. The third-order valence-electron chi connectivity index (χ3n) is 1.78. The second-order valence-corrected chi connectivity index (χ2v) is 3.04. The molecule has 4 heteroatoms. The molecule has 1 atom stereocenters. The van der Waals surface area contributed by atoms with Gasteiger partial charge in [-0.25, -0.2) is 9.79 Å². The van der Waals surface area contributed by atoms with Crippen LogP contribution >= 0.6 is 0 Å². The van der Waals surface area contributed by atoms with E-state index in [0.717, 1.165) is 6.42 Å². The van der Waals surface area contributed by atoms with Gasteiger partial charge in [-0.2, -0.15) is 0 Å². The summed E-state index contributed by atoms with van der Waals surface area (Å²) in [7, 11) is 0. The molecule has 0 aliphatic carbocycles. The Kier molecular flexibility index (Phi) is 4.16. The van der Waals surface area contributed by atoms with Gasteiger partial charge in [-0.3, -0.25) is 0 Å². The van der Waals surface area contributed by atoms with E-state index in [1.165, 1.54) is 6.08 Å². The van der Waals surface area contributed by atoms with Crippen LogP contribution < -0.4 is 0 Å². The quantitative estimate of drug-likeness (QED) is 0.506. The third-order valence-corrected chi connectivity index (χ3v) is 1.78. The van der Waals surface area contributed by atoms with E-state index < -0.39 is 0 Å². The normalized spacial score (nSPS) is 21.6. The van der Waals surface area contributed by atoms with Crippen molar-refractivity contribution in [3.05, 3.63) is 12.2 Å². The molecule has 0 aromatic carbocycles. The molecule has 1 unspecified atom stereocenters. The van der Waals surface area contributed by atoms with Crippen LogP contribution in [0.15, 0.2) is 17.1 Å². The molecular formula is C10H15NO3. The molecule has 0 saturated carbocycles. The zero-order valence-electron chi connectivity index (χ0n) is 8.53. The Bertz CT molecular complexity index is 258. The Labute approximate surface area is 83.6 Å². The van der Waals surface area contributed by atoms with E-state index in [0.29, 0.717) is 19.1 Å². The van der Waals surface area contributed by atoms with Crippen LogP contribution in [0.4, 0.5) is 0 Å². The van der Waals surface area contributed by atoms with E-state index in [9.17, 15) is 4.79 Å². The maximum Gasteiger partial charge on any atom is 0.330 e. The van der Waals surface area contributed by atoms with Gasteiger partial charge in [0.15, 0.2) is 0 Å².